The number of β-amino-alcohol motifs (C(OH)–C–C–N with tert-alkyl or cyclic N) is 1. The van der Waals surface area contributed by atoms with Gasteiger partial charge in [-0.15, -0.1) is 0 Å². The fourth-order valence-electron chi connectivity index (χ4n) is 3.45. The maximum atomic E-state index is 12.7. The Balaban J connectivity index is 1.72. The smallest absolute Gasteiger partial charge is 0.253 e. The molecule has 0 spiro atoms. The van der Waals surface area contributed by atoms with E-state index in [2.05, 4.69) is 6.92 Å². The maximum absolute atomic E-state index is 12.7. The van der Waals surface area contributed by atoms with Crippen molar-refractivity contribution in [3.8, 4) is 0 Å². The molecule has 1 N–H and O–H groups in total. The number of hydrogen-bond acceptors (Lipinski definition) is 4. The highest BCUT2D eigenvalue weighted by atomic mass is 32.2. The van der Waals surface area contributed by atoms with Crippen LogP contribution in [0.5, 0.6) is 0 Å². The number of nitrogens with zero attached hydrogens (tertiary/aromatic N) is 2. The Morgan fingerprint density at radius 3 is 2.32 bits per heavy atom. The molecule has 2 aliphatic heterocycles. The number of benzene rings is 1. The highest BCUT2D eigenvalue weighted by molar-refractivity contribution is 7.89. The number of sulfonamides is 1. The van der Waals surface area contributed by atoms with Crippen LogP contribution in [0.2, 0.25) is 0 Å². The fourth-order valence-corrected chi connectivity index (χ4v) is 4.97. The van der Waals surface area contributed by atoms with Gasteiger partial charge in [-0.05, 0) is 55.9 Å². The molecule has 25 heavy (non-hydrogen) atoms. The average Bonchev–Trinajstić information content (AvgIpc) is 2.62. The van der Waals surface area contributed by atoms with Crippen molar-refractivity contribution in [2.75, 3.05) is 26.2 Å². The van der Waals surface area contributed by atoms with Crippen LogP contribution < -0.4 is 0 Å². The molecule has 1 atom stereocenters. The van der Waals surface area contributed by atoms with Gasteiger partial charge in [-0.25, -0.2) is 8.42 Å². The number of carbonyl (C=O) groups excluding carboxylic acids is 1. The van der Waals surface area contributed by atoms with Crippen molar-refractivity contribution in [2.45, 2.75) is 43.6 Å². The van der Waals surface area contributed by atoms with Crippen molar-refractivity contribution in [1.29, 1.82) is 0 Å². The Morgan fingerprint density at radius 1 is 1.08 bits per heavy atom. The third kappa shape index (κ3) is 4.04. The normalized spacial score (nSPS) is 23.6. The minimum atomic E-state index is -3.62. The van der Waals surface area contributed by atoms with Gasteiger partial charge >= 0.3 is 0 Å². The number of likely N-dealkylation sites (tertiary alicyclic amines) is 1. The standard InChI is InChI=1S/C18H26N2O4S/c1-14-8-11-19(12-9-14)18(22)15-4-6-17(7-5-15)25(23,24)20-10-2-3-16(21)13-20/h4-7,14,16,21H,2-3,8-13H2,1H3/t16-/m1/s1. The highest BCUT2D eigenvalue weighted by Gasteiger charge is 2.29. The third-order valence-electron chi connectivity index (χ3n) is 5.17. The summed E-state index contributed by atoms with van der Waals surface area (Å²) in [5.41, 5.74) is 0.521. The molecule has 0 radical (unpaired) electrons. The zero-order chi connectivity index (χ0) is 18.0. The summed E-state index contributed by atoms with van der Waals surface area (Å²) in [7, 11) is -3.62. The molecule has 2 aliphatic rings. The van der Waals surface area contributed by atoms with E-state index in [-0.39, 0.29) is 17.3 Å². The van der Waals surface area contributed by atoms with Gasteiger partial charge in [0.1, 0.15) is 0 Å². The van der Waals surface area contributed by atoms with E-state index < -0.39 is 16.1 Å². The van der Waals surface area contributed by atoms with Gasteiger partial charge < -0.3 is 10.0 Å². The molecule has 0 aromatic heterocycles. The second-order valence-corrected chi connectivity index (χ2v) is 9.10. The van der Waals surface area contributed by atoms with E-state index in [1.807, 2.05) is 4.90 Å². The largest absolute Gasteiger partial charge is 0.392 e. The molecule has 0 saturated carbocycles. The van der Waals surface area contributed by atoms with Crippen LogP contribution >= 0.6 is 0 Å². The molecule has 2 fully saturated rings. The van der Waals surface area contributed by atoms with Crippen LogP contribution in [0.25, 0.3) is 0 Å². The number of hydrogen-bond donors (Lipinski definition) is 1. The van der Waals surface area contributed by atoms with Gasteiger partial charge in [-0.3, -0.25) is 4.79 Å². The molecule has 3 rings (SSSR count). The minimum absolute atomic E-state index is 0.0377. The molecular formula is C18H26N2O4S. The zero-order valence-corrected chi connectivity index (χ0v) is 15.4. The Bertz CT molecular complexity index is 709. The molecular weight excluding hydrogens is 340 g/mol. The summed E-state index contributed by atoms with van der Waals surface area (Å²) in [5.74, 6) is 0.612. The molecule has 7 heteroatoms. The number of rotatable bonds is 3. The first-order chi connectivity index (χ1) is 11.9. The summed E-state index contributed by atoms with van der Waals surface area (Å²) >= 11 is 0. The zero-order valence-electron chi connectivity index (χ0n) is 14.6. The molecule has 1 aromatic carbocycles. The van der Waals surface area contributed by atoms with Crippen LogP contribution in [-0.2, 0) is 10.0 Å². The van der Waals surface area contributed by atoms with Crippen molar-refractivity contribution in [3.63, 3.8) is 0 Å². The van der Waals surface area contributed by atoms with E-state index >= 15 is 0 Å². The molecule has 2 heterocycles. The van der Waals surface area contributed by atoms with E-state index in [1.165, 1.54) is 16.4 Å². The van der Waals surface area contributed by atoms with Crippen LogP contribution in [0.15, 0.2) is 29.2 Å². The summed E-state index contributed by atoms with van der Waals surface area (Å²) in [6.45, 7) is 4.26. The monoisotopic (exact) mass is 366 g/mol. The van der Waals surface area contributed by atoms with Gasteiger partial charge in [0.15, 0.2) is 0 Å². The van der Waals surface area contributed by atoms with Crippen LogP contribution in [0.1, 0.15) is 43.0 Å². The molecule has 0 unspecified atom stereocenters. The quantitative estimate of drug-likeness (QED) is 0.883. The predicted octanol–water partition coefficient (Wildman–Crippen LogP) is 1.70. The van der Waals surface area contributed by atoms with Gasteiger partial charge in [0.25, 0.3) is 5.91 Å². The predicted molar refractivity (Wildman–Crippen MR) is 94.7 cm³/mol. The number of amides is 1. The number of aliphatic hydroxyl groups excluding tert-OH is 1. The molecule has 6 nitrogen and oxygen atoms in total. The Hall–Kier alpha value is -1.44. The first kappa shape index (κ1) is 18.4. The second-order valence-electron chi connectivity index (χ2n) is 7.16. The topological polar surface area (TPSA) is 77.9 Å². The first-order valence-corrected chi connectivity index (χ1v) is 10.4. The lowest BCUT2D eigenvalue weighted by molar-refractivity contribution is 0.0697. The van der Waals surface area contributed by atoms with Gasteiger partial charge in [0.05, 0.1) is 11.0 Å². The average molecular weight is 366 g/mol. The number of aliphatic hydroxyl groups is 1. The third-order valence-corrected chi connectivity index (χ3v) is 7.05. The highest BCUT2D eigenvalue weighted by Crippen LogP contribution is 2.22. The molecule has 1 aromatic rings. The van der Waals surface area contributed by atoms with Crippen LogP contribution in [0, 0.1) is 5.92 Å². The first-order valence-electron chi connectivity index (χ1n) is 8.95. The Labute approximate surface area is 149 Å². The summed E-state index contributed by atoms with van der Waals surface area (Å²) in [5, 5.41) is 9.71. The van der Waals surface area contributed by atoms with Crippen LogP contribution in [0.3, 0.4) is 0 Å². The lowest BCUT2D eigenvalue weighted by Gasteiger charge is -2.30. The van der Waals surface area contributed by atoms with E-state index in [0.717, 1.165) is 25.9 Å². The van der Waals surface area contributed by atoms with E-state index in [4.69, 9.17) is 0 Å². The lowest BCUT2D eigenvalue weighted by atomic mass is 9.98. The van der Waals surface area contributed by atoms with Crippen LogP contribution in [0.4, 0.5) is 0 Å². The van der Waals surface area contributed by atoms with Gasteiger partial charge in [-0.1, -0.05) is 6.92 Å². The SMILES string of the molecule is CC1CCN(C(=O)c2ccc(S(=O)(=O)N3CCC[C@@H](O)C3)cc2)CC1. The van der Waals surface area contributed by atoms with Crippen molar-refractivity contribution in [1.82, 2.24) is 9.21 Å². The lowest BCUT2D eigenvalue weighted by Crippen LogP contribution is -2.42. The fraction of sp³-hybridized carbons (Fsp3) is 0.611. The van der Waals surface area contributed by atoms with Crippen molar-refractivity contribution in [2.24, 2.45) is 5.92 Å². The molecule has 138 valence electrons. The second kappa shape index (κ2) is 7.43. The maximum Gasteiger partial charge on any atom is 0.253 e. The summed E-state index contributed by atoms with van der Waals surface area (Å²) in [6, 6.07) is 6.17. The van der Waals surface area contributed by atoms with E-state index in [9.17, 15) is 18.3 Å². The van der Waals surface area contributed by atoms with Gasteiger partial charge in [-0.2, -0.15) is 4.31 Å². The van der Waals surface area contributed by atoms with E-state index in [0.29, 0.717) is 30.9 Å². The van der Waals surface area contributed by atoms with Crippen molar-refractivity contribution in [3.05, 3.63) is 29.8 Å². The number of carbonyl (C=O) groups is 1. The molecule has 0 aliphatic carbocycles. The minimum Gasteiger partial charge on any atom is -0.392 e. The Kier molecular flexibility index (Phi) is 5.46. The van der Waals surface area contributed by atoms with E-state index in [1.54, 1.807) is 12.1 Å². The summed E-state index contributed by atoms with van der Waals surface area (Å²) < 4.78 is 26.7. The molecule has 1 amide bonds. The molecule has 0 bridgehead atoms. The van der Waals surface area contributed by atoms with Gasteiger partial charge in [0.2, 0.25) is 10.0 Å². The summed E-state index contributed by atoms with van der Waals surface area (Å²) in [6.07, 6.45) is 2.70. The van der Waals surface area contributed by atoms with Crippen molar-refractivity contribution >= 4 is 15.9 Å². The number of piperidine rings is 2. The molecule has 2 saturated heterocycles. The van der Waals surface area contributed by atoms with Gasteiger partial charge in [0, 0.05) is 31.7 Å². The summed E-state index contributed by atoms with van der Waals surface area (Å²) in [4.78, 5) is 14.6. The van der Waals surface area contributed by atoms with Crippen LogP contribution in [-0.4, -0.2) is 60.9 Å². The van der Waals surface area contributed by atoms with Crippen molar-refractivity contribution < 1.29 is 18.3 Å². The Morgan fingerprint density at radius 2 is 1.72 bits per heavy atom.